The quantitative estimate of drug-likeness (QED) is 0.274. The average Bonchev–Trinajstić information content (AvgIpc) is 3.61. The maximum atomic E-state index is 13.5. The molecule has 5 rings (SSSR count). The number of hydrogen-bond donors (Lipinski definition) is 2. The van der Waals surface area contributed by atoms with Gasteiger partial charge in [0.15, 0.2) is 0 Å². The molecule has 38 heavy (non-hydrogen) atoms. The van der Waals surface area contributed by atoms with E-state index in [4.69, 9.17) is 16.3 Å². The van der Waals surface area contributed by atoms with Gasteiger partial charge < -0.3 is 14.6 Å². The molecule has 3 aromatic heterocycles. The summed E-state index contributed by atoms with van der Waals surface area (Å²) in [7, 11) is 3.62. The first-order valence-electron chi connectivity index (χ1n) is 12.9. The highest BCUT2D eigenvalue weighted by Gasteiger charge is 2.36. The third kappa shape index (κ3) is 5.61. The van der Waals surface area contributed by atoms with Crippen LogP contribution >= 0.6 is 11.6 Å². The van der Waals surface area contributed by atoms with E-state index in [1.165, 1.54) is 0 Å². The van der Waals surface area contributed by atoms with Crippen molar-refractivity contribution in [3.63, 3.8) is 0 Å². The molecule has 1 saturated carbocycles. The summed E-state index contributed by atoms with van der Waals surface area (Å²) in [6.07, 6.45) is 10.4. The number of benzene rings is 1. The molecular weight excluding hydrogens is 500 g/mol. The lowest BCUT2D eigenvalue weighted by atomic mass is 9.94. The number of methoxy groups -OCH3 is 1. The Morgan fingerprint density at radius 3 is 2.71 bits per heavy atom. The number of aromatic nitrogens is 4. The van der Waals surface area contributed by atoms with Crippen LogP contribution in [0.15, 0.2) is 67.3 Å². The fourth-order valence-corrected chi connectivity index (χ4v) is 5.73. The molecule has 1 aliphatic carbocycles. The molecule has 0 spiro atoms. The zero-order chi connectivity index (χ0) is 26.6. The first kappa shape index (κ1) is 26.0. The van der Waals surface area contributed by atoms with Gasteiger partial charge in [0, 0.05) is 68.1 Å². The van der Waals surface area contributed by atoms with E-state index in [0.717, 1.165) is 53.0 Å². The van der Waals surface area contributed by atoms with Crippen LogP contribution in [0.5, 0.6) is 0 Å². The molecule has 2 N–H and O–H groups in total. The number of halogens is 1. The van der Waals surface area contributed by atoms with Crippen LogP contribution in [0.3, 0.4) is 0 Å². The third-order valence-electron chi connectivity index (χ3n) is 7.43. The maximum absolute atomic E-state index is 13.5. The van der Waals surface area contributed by atoms with Gasteiger partial charge in [0.2, 0.25) is 0 Å². The minimum atomic E-state index is -0.233. The molecule has 198 valence electrons. The predicted octanol–water partition coefficient (Wildman–Crippen LogP) is 5.96. The van der Waals surface area contributed by atoms with Crippen LogP contribution in [0.2, 0.25) is 5.15 Å². The molecule has 8 nitrogen and oxygen atoms in total. The molecule has 0 bridgehead atoms. The summed E-state index contributed by atoms with van der Waals surface area (Å²) >= 11 is 6.21. The Morgan fingerprint density at radius 1 is 1.18 bits per heavy atom. The second kappa shape index (κ2) is 11.4. The first-order valence-corrected chi connectivity index (χ1v) is 13.2. The number of amides is 2. The van der Waals surface area contributed by atoms with Crippen LogP contribution < -0.4 is 10.6 Å². The molecule has 1 aliphatic rings. The van der Waals surface area contributed by atoms with Gasteiger partial charge in [-0.3, -0.25) is 10.00 Å². The highest BCUT2D eigenvalue weighted by atomic mass is 35.5. The standard InChI is InChI=1S/C29H33ClN6O2/c1-19-25(22-16-32-35(2)17-22)18-36(23-7-5-4-6-8-23)28(19)34-29(37)33-26-14-20(10-12-38-3)13-24(26)21-9-11-31-27(30)15-21/h4-9,11,15-18,20,24,26H,10,12-14H2,1-3H3,(H2,33,34,37)/t20-,24-,26+/m0/s1. The van der Waals surface area contributed by atoms with Gasteiger partial charge >= 0.3 is 6.03 Å². The molecule has 2 amide bonds. The van der Waals surface area contributed by atoms with Crippen LogP contribution in [0.4, 0.5) is 10.6 Å². The summed E-state index contributed by atoms with van der Waals surface area (Å²) in [4.78, 5) is 17.6. The summed E-state index contributed by atoms with van der Waals surface area (Å²) < 4.78 is 9.13. The Bertz CT molecular complexity index is 1400. The Labute approximate surface area is 228 Å². The van der Waals surface area contributed by atoms with Gasteiger partial charge in [0.25, 0.3) is 0 Å². The van der Waals surface area contributed by atoms with Crippen molar-refractivity contribution in [3.05, 3.63) is 83.5 Å². The monoisotopic (exact) mass is 532 g/mol. The highest BCUT2D eigenvalue weighted by molar-refractivity contribution is 6.29. The molecule has 1 aromatic carbocycles. The molecule has 0 unspecified atom stereocenters. The summed E-state index contributed by atoms with van der Waals surface area (Å²) in [6, 6.07) is 13.6. The summed E-state index contributed by atoms with van der Waals surface area (Å²) in [5, 5.41) is 11.2. The van der Waals surface area contributed by atoms with Crippen LogP contribution in [0.25, 0.3) is 16.8 Å². The number of anilines is 1. The molecule has 0 saturated heterocycles. The van der Waals surface area contributed by atoms with Crippen LogP contribution in [-0.4, -0.2) is 45.1 Å². The van der Waals surface area contributed by atoms with Gasteiger partial charge in [-0.05, 0) is 67.5 Å². The van der Waals surface area contributed by atoms with Crippen molar-refractivity contribution in [2.75, 3.05) is 19.0 Å². The van der Waals surface area contributed by atoms with E-state index >= 15 is 0 Å². The zero-order valence-corrected chi connectivity index (χ0v) is 22.7. The Morgan fingerprint density at radius 2 is 2.00 bits per heavy atom. The van der Waals surface area contributed by atoms with Crippen LogP contribution in [0.1, 0.15) is 36.3 Å². The molecular formula is C29H33ClN6O2. The fraction of sp³-hybridized carbons (Fsp3) is 0.345. The summed E-state index contributed by atoms with van der Waals surface area (Å²) in [6.45, 7) is 2.73. The number of nitrogens with one attached hydrogen (secondary N) is 2. The van der Waals surface area contributed by atoms with E-state index in [1.54, 1.807) is 18.0 Å². The number of rotatable bonds is 8. The van der Waals surface area contributed by atoms with Crippen LogP contribution in [-0.2, 0) is 11.8 Å². The lowest BCUT2D eigenvalue weighted by molar-refractivity contribution is 0.177. The Balaban J connectivity index is 1.41. The fourth-order valence-electron chi connectivity index (χ4n) is 5.55. The second-order valence-corrected chi connectivity index (χ2v) is 10.4. The molecule has 0 radical (unpaired) electrons. The number of para-hydroxylation sites is 1. The minimum absolute atomic E-state index is 0.0337. The van der Waals surface area contributed by atoms with E-state index in [9.17, 15) is 4.79 Å². The Kier molecular flexibility index (Phi) is 7.81. The van der Waals surface area contributed by atoms with Crippen molar-refractivity contribution < 1.29 is 9.53 Å². The van der Waals surface area contributed by atoms with Gasteiger partial charge in [-0.15, -0.1) is 0 Å². The zero-order valence-electron chi connectivity index (χ0n) is 21.9. The number of carbonyl (C=O) groups is 1. The van der Waals surface area contributed by atoms with Crippen molar-refractivity contribution in [2.45, 2.75) is 38.1 Å². The van der Waals surface area contributed by atoms with Gasteiger partial charge in [-0.2, -0.15) is 5.10 Å². The normalized spacial score (nSPS) is 19.0. The lowest BCUT2D eigenvalue weighted by Gasteiger charge is -2.22. The van der Waals surface area contributed by atoms with Gasteiger partial charge in [-0.1, -0.05) is 29.8 Å². The number of urea groups is 1. The van der Waals surface area contributed by atoms with Crippen molar-refractivity contribution >= 4 is 23.4 Å². The average molecular weight is 533 g/mol. The predicted molar refractivity (Wildman–Crippen MR) is 150 cm³/mol. The highest BCUT2D eigenvalue weighted by Crippen LogP contribution is 2.41. The number of pyridine rings is 1. The first-order chi connectivity index (χ1) is 18.4. The van der Waals surface area contributed by atoms with Crippen molar-refractivity contribution in [1.82, 2.24) is 24.6 Å². The van der Waals surface area contributed by atoms with Crippen LogP contribution in [0, 0.1) is 12.8 Å². The van der Waals surface area contributed by atoms with Gasteiger partial charge in [0.1, 0.15) is 11.0 Å². The number of ether oxygens (including phenoxy) is 1. The lowest BCUT2D eigenvalue weighted by Crippen LogP contribution is -2.40. The molecule has 3 atom stereocenters. The number of carbonyl (C=O) groups excluding carboxylic acids is 1. The minimum Gasteiger partial charge on any atom is -0.385 e. The second-order valence-electron chi connectivity index (χ2n) is 9.97. The molecule has 9 heteroatoms. The van der Waals surface area contributed by atoms with Gasteiger partial charge in [-0.25, -0.2) is 9.78 Å². The maximum Gasteiger partial charge on any atom is 0.320 e. The van der Waals surface area contributed by atoms with Crippen molar-refractivity contribution in [1.29, 1.82) is 0 Å². The molecule has 1 fully saturated rings. The molecule has 0 aliphatic heterocycles. The van der Waals surface area contributed by atoms with E-state index in [1.807, 2.05) is 73.4 Å². The van der Waals surface area contributed by atoms with E-state index < -0.39 is 0 Å². The molecule has 4 aromatic rings. The van der Waals surface area contributed by atoms with Crippen molar-refractivity contribution in [3.8, 4) is 16.8 Å². The summed E-state index contributed by atoms with van der Waals surface area (Å²) in [5.41, 5.74) is 5.04. The number of hydrogen-bond acceptors (Lipinski definition) is 4. The smallest absolute Gasteiger partial charge is 0.320 e. The third-order valence-corrected chi connectivity index (χ3v) is 7.63. The number of aryl methyl sites for hydroxylation is 1. The number of nitrogens with zero attached hydrogens (tertiary/aromatic N) is 4. The van der Waals surface area contributed by atoms with Gasteiger partial charge in [0.05, 0.1) is 6.20 Å². The van der Waals surface area contributed by atoms with E-state index in [0.29, 0.717) is 17.7 Å². The Hall–Kier alpha value is -3.62. The molecule has 3 heterocycles. The summed E-state index contributed by atoms with van der Waals surface area (Å²) in [5.74, 6) is 1.32. The van der Waals surface area contributed by atoms with E-state index in [-0.39, 0.29) is 18.0 Å². The van der Waals surface area contributed by atoms with E-state index in [2.05, 4.69) is 26.9 Å². The topological polar surface area (TPSA) is 86.0 Å². The largest absolute Gasteiger partial charge is 0.385 e. The SMILES string of the molecule is COCC[C@@H]1C[C@@H](NC(=O)Nc2c(C)c(-c3cnn(C)c3)cn2-c2ccccc2)[C@H](c2ccnc(Cl)c2)C1. The van der Waals surface area contributed by atoms with Crippen molar-refractivity contribution in [2.24, 2.45) is 13.0 Å².